The molecule has 21 heteroatoms. The van der Waals surface area contributed by atoms with Gasteiger partial charge in [-0.25, -0.2) is 9.78 Å². The van der Waals surface area contributed by atoms with Gasteiger partial charge in [0.15, 0.2) is 11.5 Å². The second-order valence-corrected chi connectivity index (χ2v) is 10.5. The Morgan fingerprint density at radius 1 is 1.10 bits per heavy atom. The lowest BCUT2D eigenvalue weighted by atomic mass is 10.1. The molecule has 0 unspecified atom stereocenters. The van der Waals surface area contributed by atoms with E-state index in [1.807, 2.05) is 0 Å². The summed E-state index contributed by atoms with van der Waals surface area (Å²) >= 11 is 6.36. The molecule has 1 saturated heterocycles. The van der Waals surface area contributed by atoms with Gasteiger partial charge in [0, 0.05) is 45.1 Å². The number of hydrogen-bond donors (Lipinski definition) is 3. The van der Waals surface area contributed by atoms with Gasteiger partial charge in [-0.05, 0) is 25.1 Å². The molecule has 0 saturated carbocycles. The number of piperazine rings is 1. The number of benzene rings is 1. The van der Waals surface area contributed by atoms with E-state index >= 15 is 0 Å². The third kappa shape index (κ3) is 8.80. The fourth-order valence-corrected chi connectivity index (χ4v) is 4.65. The number of alkyl halides is 6. The molecule has 0 radical (unpaired) electrons. The van der Waals surface area contributed by atoms with Crippen LogP contribution in [0.1, 0.15) is 33.6 Å². The summed E-state index contributed by atoms with van der Waals surface area (Å²) in [6.07, 6.45) is -7.71. The van der Waals surface area contributed by atoms with Crippen molar-refractivity contribution in [2.45, 2.75) is 31.9 Å². The lowest BCUT2D eigenvalue weighted by molar-refractivity contribution is -0.192. The van der Waals surface area contributed by atoms with Gasteiger partial charge in [0.1, 0.15) is 6.54 Å². The Hall–Kier alpha value is -5.16. The number of aliphatic carboxylic acids is 1. The van der Waals surface area contributed by atoms with Crippen LogP contribution in [0.2, 0.25) is 5.02 Å². The molecule has 4 N–H and O–H groups in total. The maximum Gasteiger partial charge on any atom is 0.490 e. The number of anilines is 1. The third-order valence-electron chi connectivity index (χ3n) is 6.70. The van der Waals surface area contributed by atoms with E-state index in [4.69, 9.17) is 32.5 Å². The number of nitriles is 1. The Bertz CT molecular complexity index is 1740. The zero-order valence-corrected chi connectivity index (χ0v) is 25.7. The Balaban J connectivity index is 0.000000804. The molecular formula is C27H26ClF6N9O5. The summed E-state index contributed by atoms with van der Waals surface area (Å²) in [7, 11) is 1.37. The summed E-state index contributed by atoms with van der Waals surface area (Å²) < 4.78 is 74.5. The minimum atomic E-state index is -5.08. The number of hydrogen-bond acceptors (Lipinski definition) is 8. The summed E-state index contributed by atoms with van der Waals surface area (Å²) in [5, 5.41) is 22.1. The van der Waals surface area contributed by atoms with Crippen molar-refractivity contribution in [2.75, 3.05) is 31.5 Å². The van der Waals surface area contributed by atoms with Crippen molar-refractivity contribution in [3.63, 3.8) is 0 Å². The number of nitrogens with one attached hydrogen (secondary N) is 1. The van der Waals surface area contributed by atoms with Crippen LogP contribution in [0, 0.1) is 11.3 Å². The topological polar surface area (TPSA) is 192 Å². The highest BCUT2D eigenvalue weighted by Gasteiger charge is 2.39. The number of amides is 3. The molecule has 4 rings (SSSR count). The van der Waals surface area contributed by atoms with E-state index in [1.165, 1.54) is 29.8 Å². The average Bonchev–Trinajstić information content (AvgIpc) is 3.60. The molecule has 258 valence electrons. The van der Waals surface area contributed by atoms with Crippen LogP contribution >= 0.6 is 11.6 Å². The molecular weight excluding hydrogens is 680 g/mol. The van der Waals surface area contributed by atoms with Gasteiger partial charge in [-0.1, -0.05) is 11.6 Å². The van der Waals surface area contributed by atoms with Crippen molar-refractivity contribution in [2.24, 2.45) is 12.8 Å². The standard InChI is InChI=1S/C25H25ClF3N9O3.C2HF3O2/c1-14(31)23(40)36-7-9-37(10-8-36)24(41)16-4-3-15(11-18(16)26)33-22(39)21-32-12-19(35(21)2)17-13-38(6-5-30)34-20(17)25(27,28)29;3-2(4,5)1(6)7/h3-4,11-14H,6-10,31H2,1-2H3,(H,33,39);(H,6,7)/t14-;/m0./s1. The Morgan fingerprint density at radius 3 is 2.19 bits per heavy atom. The smallest absolute Gasteiger partial charge is 0.475 e. The summed E-state index contributed by atoms with van der Waals surface area (Å²) in [5.41, 5.74) is 4.49. The van der Waals surface area contributed by atoms with Crippen molar-refractivity contribution in [1.29, 1.82) is 5.26 Å². The number of carbonyl (C=O) groups is 4. The van der Waals surface area contributed by atoms with Crippen LogP contribution in [0.15, 0.2) is 30.6 Å². The maximum atomic E-state index is 13.6. The monoisotopic (exact) mass is 705 g/mol. The first kappa shape index (κ1) is 37.3. The van der Waals surface area contributed by atoms with Crippen LogP contribution in [-0.2, 0) is 29.4 Å². The second-order valence-electron chi connectivity index (χ2n) is 10.1. The number of rotatable bonds is 6. The van der Waals surface area contributed by atoms with Gasteiger partial charge < -0.3 is 30.5 Å². The van der Waals surface area contributed by atoms with Gasteiger partial charge >= 0.3 is 18.3 Å². The summed E-state index contributed by atoms with van der Waals surface area (Å²) in [5.74, 6) is -4.22. The van der Waals surface area contributed by atoms with E-state index in [-0.39, 0.29) is 45.2 Å². The normalized spacial score (nSPS) is 14.0. The Morgan fingerprint density at radius 2 is 1.69 bits per heavy atom. The van der Waals surface area contributed by atoms with Gasteiger partial charge in [0.2, 0.25) is 5.91 Å². The van der Waals surface area contributed by atoms with Crippen molar-refractivity contribution in [3.8, 4) is 17.3 Å². The first-order valence-electron chi connectivity index (χ1n) is 13.5. The zero-order valence-electron chi connectivity index (χ0n) is 24.9. The first-order chi connectivity index (χ1) is 22.3. The highest BCUT2D eigenvalue weighted by atomic mass is 35.5. The number of nitrogens with two attached hydrogens (primary N) is 1. The number of nitrogens with zero attached hydrogens (tertiary/aromatic N) is 7. The van der Waals surface area contributed by atoms with Crippen molar-refractivity contribution in [3.05, 3.63) is 52.7 Å². The summed E-state index contributed by atoms with van der Waals surface area (Å²) in [6.45, 7) is 2.50. The Labute approximate surface area is 272 Å². The molecule has 14 nitrogen and oxygen atoms in total. The average molecular weight is 706 g/mol. The maximum absolute atomic E-state index is 13.6. The lowest BCUT2D eigenvalue weighted by Gasteiger charge is -2.35. The molecule has 1 atom stereocenters. The van der Waals surface area contributed by atoms with Gasteiger partial charge in [-0.2, -0.15) is 36.7 Å². The predicted octanol–water partition coefficient (Wildman–Crippen LogP) is 3.00. The molecule has 3 heterocycles. The number of aromatic nitrogens is 4. The molecule has 1 fully saturated rings. The fourth-order valence-electron chi connectivity index (χ4n) is 4.38. The van der Waals surface area contributed by atoms with Crippen LogP contribution < -0.4 is 11.1 Å². The lowest BCUT2D eigenvalue weighted by Crippen LogP contribution is -2.53. The number of imidazole rings is 1. The molecule has 1 aliphatic heterocycles. The number of carboxylic acid groups (broad SMARTS) is 1. The predicted molar refractivity (Wildman–Crippen MR) is 154 cm³/mol. The van der Waals surface area contributed by atoms with Crippen LogP contribution in [0.25, 0.3) is 11.3 Å². The van der Waals surface area contributed by atoms with Crippen molar-refractivity contribution >= 4 is 41.0 Å². The van der Waals surface area contributed by atoms with E-state index in [9.17, 15) is 40.7 Å². The third-order valence-corrected chi connectivity index (χ3v) is 7.01. The number of carbonyl (C=O) groups excluding carboxylic acids is 3. The number of halogens is 7. The fraction of sp³-hybridized carbons (Fsp3) is 0.370. The first-order valence-corrected chi connectivity index (χ1v) is 13.9. The molecule has 1 aliphatic rings. The summed E-state index contributed by atoms with van der Waals surface area (Å²) in [4.78, 5) is 54.1. The van der Waals surface area contributed by atoms with Gasteiger partial charge in [0.25, 0.3) is 11.8 Å². The molecule has 2 aromatic heterocycles. The van der Waals surface area contributed by atoms with Crippen molar-refractivity contribution < 1.29 is 50.6 Å². The molecule has 1 aromatic carbocycles. The van der Waals surface area contributed by atoms with E-state index < -0.39 is 42.5 Å². The van der Waals surface area contributed by atoms with Crippen molar-refractivity contribution in [1.82, 2.24) is 29.1 Å². The van der Waals surface area contributed by atoms with Gasteiger partial charge in [0.05, 0.1) is 40.2 Å². The molecule has 3 amide bonds. The molecule has 3 aromatic rings. The van der Waals surface area contributed by atoms with Gasteiger partial charge in [-0.3, -0.25) is 19.1 Å². The molecule has 0 aliphatic carbocycles. The van der Waals surface area contributed by atoms with E-state index in [0.717, 1.165) is 17.1 Å². The van der Waals surface area contributed by atoms with E-state index in [2.05, 4.69) is 15.4 Å². The van der Waals surface area contributed by atoms with Crippen LogP contribution in [0.4, 0.5) is 32.0 Å². The largest absolute Gasteiger partial charge is 0.490 e. The molecule has 48 heavy (non-hydrogen) atoms. The van der Waals surface area contributed by atoms with E-state index in [1.54, 1.807) is 22.8 Å². The molecule has 0 bridgehead atoms. The quantitative estimate of drug-likeness (QED) is 0.324. The minimum absolute atomic E-state index is 0.0339. The number of carboxylic acids is 1. The van der Waals surface area contributed by atoms with E-state index in [0.29, 0.717) is 26.2 Å². The highest BCUT2D eigenvalue weighted by molar-refractivity contribution is 6.34. The van der Waals surface area contributed by atoms with Crippen LogP contribution in [0.3, 0.4) is 0 Å². The highest BCUT2D eigenvalue weighted by Crippen LogP contribution is 2.36. The SMILES string of the molecule is C[C@H](N)C(=O)N1CCN(C(=O)c2ccc(NC(=O)c3ncc(-c4cn(CC#N)nc4C(F)(F)F)n3C)cc2Cl)CC1.O=C(O)C(F)(F)F. The summed E-state index contributed by atoms with van der Waals surface area (Å²) in [6, 6.07) is 5.39. The zero-order chi connectivity index (χ0) is 36.1. The van der Waals surface area contributed by atoms with Crippen LogP contribution in [0.5, 0.6) is 0 Å². The Kier molecular flexibility index (Phi) is 11.4. The van der Waals surface area contributed by atoms with Crippen LogP contribution in [-0.4, -0.2) is 96.3 Å². The van der Waals surface area contributed by atoms with Gasteiger partial charge in [-0.15, -0.1) is 0 Å². The minimum Gasteiger partial charge on any atom is -0.475 e. The molecule has 0 spiro atoms. The second kappa shape index (κ2) is 14.7.